The van der Waals surface area contributed by atoms with Gasteiger partial charge in [-0.05, 0) is 86.6 Å². The Bertz CT molecular complexity index is 3220. The summed E-state index contributed by atoms with van der Waals surface area (Å²) in [4.78, 5) is 10.9. The molecular formula is C50H30N2OS. The quantitative estimate of drug-likeness (QED) is 0.179. The Balaban J connectivity index is 1.15. The lowest BCUT2D eigenvalue weighted by molar-refractivity contribution is 0.669. The number of thiophene rings is 1. The van der Waals surface area contributed by atoms with E-state index in [0.717, 1.165) is 71.1 Å². The van der Waals surface area contributed by atoms with E-state index in [1.807, 2.05) is 12.1 Å². The van der Waals surface area contributed by atoms with E-state index in [0.29, 0.717) is 5.82 Å². The topological polar surface area (TPSA) is 38.9 Å². The fraction of sp³-hybridized carbons (Fsp3) is 0. The molecule has 0 saturated heterocycles. The molecule has 4 heteroatoms. The minimum atomic E-state index is 0.679. The summed E-state index contributed by atoms with van der Waals surface area (Å²) in [7, 11) is 0. The van der Waals surface area contributed by atoms with Crippen LogP contribution in [0.3, 0.4) is 0 Å². The van der Waals surface area contributed by atoms with E-state index in [1.165, 1.54) is 32.2 Å². The van der Waals surface area contributed by atoms with Crippen molar-refractivity contribution in [2.24, 2.45) is 0 Å². The molecule has 0 aliphatic heterocycles. The second-order valence-corrected chi connectivity index (χ2v) is 14.8. The van der Waals surface area contributed by atoms with Gasteiger partial charge in [0.25, 0.3) is 0 Å². The van der Waals surface area contributed by atoms with Gasteiger partial charge >= 0.3 is 0 Å². The van der Waals surface area contributed by atoms with Crippen LogP contribution in [-0.2, 0) is 0 Å². The molecular weight excluding hydrogens is 677 g/mol. The molecule has 0 radical (unpaired) electrons. The first-order valence-electron chi connectivity index (χ1n) is 18.1. The number of rotatable bonds is 5. The van der Waals surface area contributed by atoms with Gasteiger partial charge in [-0.25, -0.2) is 9.97 Å². The van der Waals surface area contributed by atoms with Gasteiger partial charge in [0.2, 0.25) is 0 Å². The monoisotopic (exact) mass is 706 g/mol. The van der Waals surface area contributed by atoms with Crippen LogP contribution in [0.25, 0.3) is 109 Å². The summed E-state index contributed by atoms with van der Waals surface area (Å²) in [5.74, 6) is 0.679. The van der Waals surface area contributed by atoms with Gasteiger partial charge in [-0.1, -0.05) is 140 Å². The zero-order valence-corrected chi connectivity index (χ0v) is 29.8. The van der Waals surface area contributed by atoms with Gasteiger partial charge in [0.15, 0.2) is 5.82 Å². The number of hydrogen-bond acceptors (Lipinski definition) is 4. The molecule has 0 saturated carbocycles. The van der Waals surface area contributed by atoms with E-state index in [-0.39, 0.29) is 0 Å². The molecule has 0 fully saturated rings. The van der Waals surface area contributed by atoms with E-state index in [4.69, 9.17) is 14.4 Å². The molecule has 0 unspecified atom stereocenters. The summed E-state index contributed by atoms with van der Waals surface area (Å²) in [6, 6.07) is 64.4. The van der Waals surface area contributed by atoms with Crippen LogP contribution in [-0.4, -0.2) is 9.97 Å². The molecule has 0 atom stereocenters. The van der Waals surface area contributed by atoms with Crippen molar-refractivity contribution in [3.05, 3.63) is 182 Å². The predicted octanol–water partition coefficient (Wildman–Crippen LogP) is 14.2. The lowest BCUT2D eigenvalue weighted by Gasteiger charge is -2.12. The van der Waals surface area contributed by atoms with Crippen molar-refractivity contribution in [3.8, 4) is 56.0 Å². The van der Waals surface area contributed by atoms with Crippen molar-refractivity contribution in [2.75, 3.05) is 0 Å². The largest absolute Gasteiger partial charge is 0.456 e. The standard InChI is InChI=1S/C50H30N2OS/c1-3-12-31(13-4-1)33-16-11-17-38(28-33)47-49-48(41-19-8-10-21-45(41)54-49)52-50(51-47)42-29-39(30-44-46(42)40-18-7-9-20-43(40)53-44)37-25-24-35-26-34(22-23-36(35)27-37)32-14-5-2-6-15-32/h1-30H. The van der Waals surface area contributed by atoms with Gasteiger partial charge in [-0.15, -0.1) is 11.3 Å². The highest BCUT2D eigenvalue weighted by Gasteiger charge is 2.21. The lowest BCUT2D eigenvalue weighted by Crippen LogP contribution is -1.95. The molecule has 252 valence electrons. The Morgan fingerprint density at radius 2 is 1.02 bits per heavy atom. The molecule has 3 heterocycles. The normalized spacial score (nSPS) is 11.7. The maximum absolute atomic E-state index is 6.60. The van der Waals surface area contributed by atoms with Crippen LogP contribution < -0.4 is 0 Å². The molecule has 11 rings (SSSR count). The number of hydrogen-bond donors (Lipinski definition) is 0. The highest BCUT2D eigenvalue weighted by Crippen LogP contribution is 2.44. The first-order valence-corrected chi connectivity index (χ1v) is 19.0. The summed E-state index contributed by atoms with van der Waals surface area (Å²) >= 11 is 1.75. The number of nitrogens with zero attached hydrogens (tertiary/aromatic N) is 2. The van der Waals surface area contributed by atoms with E-state index < -0.39 is 0 Å². The van der Waals surface area contributed by atoms with Gasteiger partial charge < -0.3 is 4.42 Å². The molecule has 0 spiro atoms. The molecule has 11 aromatic rings. The van der Waals surface area contributed by atoms with Gasteiger partial charge in [-0.2, -0.15) is 0 Å². The van der Waals surface area contributed by atoms with Gasteiger partial charge in [0, 0.05) is 32.0 Å². The maximum atomic E-state index is 6.60. The Morgan fingerprint density at radius 3 is 1.78 bits per heavy atom. The number of benzene rings is 8. The van der Waals surface area contributed by atoms with E-state index in [9.17, 15) is 0 Å². The Hall–Kier alpha value is -6.88. The molecule has 0 aliphatic carbocycles. The lowest BCUT2D eigenvalue weighted by atomic mass is 9.95. The Kier molecular flexibility index (Phi) is 7.04. The number of para-hydroxylation sites is 1. The Labute approximate surface area is 315 Å². The van der Waals surface area contributed by atoms with Crippen molar-refractivity contribution in [2.45, 2.75) is 0 Å². The molecule has 8 aromatic carbocycles. The third-order valence-corrected chi connectivity index (χ3v) is 11.6. The van der Waals surface area contributed by atoms with Crippen LogP contribution in [0.15, 0.2) is 186 Å². The number of fused-ring (bicyclic) bond motifs is 7. The smallest absolute Gasteiger partial charge is 0.161 e. The van der Waals surface area contributed by atoms with Crippen LogP contribution >= 0.6 is 11.3 Å². The third-order valence-electron chi connectivity index (χ3n) is 10.5. The first-order chi connectivity index (χ1) is 26.7. The molecule has 3 nitrogen and oxygen atoms in total. The first kappa shape index (κ1) is 30.7. The molecule has 0 N–H and O–H groups in total. The van der Waals surface area contributed by atoms with Crippen LogP contribution in [0.5, 0.6) is 0 Å². The third kappa shape index (κ3) is 5.11. The molecule has 0 aliphatic rings. The summed E-state index contributed by atoms with van der Waals surface area (Å²) in [6.45, 7) is 0. The van der Waals surface area contributed by atoms with Crippen molar-refractivity contribution >= 4 is 64.4 Å². The van der Waals surface area contributed by atoms with Crippen LogP contribution in [0.1, 0.15) is 0 Å². The van der Waals surface area contributed by atoms with Crippen molar-refractivity contribution < 1.29 is 4.42 Å². The fourth-order valence-electron chi connectivity index (χ4n) is 7.82. The van der Waals surface area contributed by atoms with Crippen LogP contribution in [0.4, 0.5) is 0 Å². The summed E-state index contributed by atoms with van der Waals surface area (Å²) in [6.07, 6.45) is 0. The maximum Gasteiger partial charge on any atom is 0.161 e. The summed E-state index contributed by atoms with van der Waals surface area (Å²) < 4.78 is 8.87. The van der Waals surface area contributed by atoms with Crippen molar-refractivity contribution in [1.82, 2.24) is 9.97 Å². The fourth-order valence-corrected chi connectivity index (χ4v) is 8.97. The second kappa shape index (κ2) is 12.4. The van der Waals surface area contributed by atoms with Gasteiger partial charge in [0.1, 0.15) is 11.2 Å². The predicted molar refractivity (Wildman–Crippen MR) is 227 cm³/mol. The number of furan rings is 1. The average Bonchev–Trinajstić information content (AvgIpc) is 3.82. The minimum Gasteiger partial charge on any atom is -0.456 e. The highest BCUT2D eigenvalue weighted by atomic mass is 32.1. The highest BCUT2D eigenvalue weighted by molar-refractivity contribution is 7.26. The van der Waals surface area contributed by atoms with Crippen LogP contribution in [0.2, 0.25) is 0 Å². The van der Waals surface area contributed by atoms with Crippen molar-refractivity contribution in [1.29, 1.82) is 0 Å². The molecule has 54 heavy (non-hydrogen) atoms. The zero-order chi connectivity index (χ0) is 35.6. The molecule has 3 aromatic heterocycles. The SMILES string of the molecule is c1ccc(-c2cccc(-c3nc(-c4cc(-c5ccc6cc(-c7ccccc7)ccc6c5)cc5oc6ccccc6c45)nc4c3sc3ccccc34)c2)cc1. The molecule has 0 bridgehead atoms. The zero-order valence-electron chi connectivity index (χ0n) is 29.0. The summed E-state index contributed by atoms with van der Waals surface area (Å²) in [5, 5.41) is 5.58. The van der Waals surface area contributed by atoms with Crippen LogP contribution in [0, 0.1) is 0 Å². The summed E-state index contributed by atoms with van der Waals surface area (Å²) in [5.41, 5.74) is 12.5. The average molecular weight is 707 g/mol. The van der Waals surface area contributed by atoms with E-state index in [2.05, 4.69) is 170 Å². The molecule has 0 amide bonds. The van der Waals surface area contributed by atoms with E-state index in [1.54, 1.807) is 11.3 Å². The minimum absolute atomic E-state index is 0.679. The van der Waals surface area contributed by atoms with E-state index >= 15 is 0 Å². The van der Waals surface area contributed by atoms with Crippen molar-refractivity contribution in [3.63, 3.8) is 0 Å². The number of aromatic nitrogens is 2. The Morgan fingerprint density at radius 1 is 0.407 bits per heavy atom. The van der Waals surface area contributed by atoms with Gasteiger partial charge in [0.05, 0.1) is 15.9 Å². The van der Waals surface area contributed by atoms with Gasteiger partial charge in [-0.3, -0.25) is 0 Å². The second-order valence-electron chi connectivity index (χ2n) is 13.8.